The van der Waals surface area contributed by atoms with Crippen molar-refractivity contribution >= 4 is 23.5 Å². The summed E-state index contributed by atoms with van der Waals surface area (Å²) in [6.07, 6.45) is 4.33. The summed E-state index contributed by atoms with van der Waals surface area (Å²) in [5.74, 6) is 0.796. The molecule has 0 bridgehead atoms. The van der Waals surface area contributed by atoms with E-state index in [0.29, 0.717) is 6.42 Å². The zero-order valence-electron chi connectivity index (χ0n) is 13.1. The zero-order chi connectivity index (χ0) is 15.7. The van der Waals surface area contributed by atoms with Crippen molar-refractivity contribution in [3.05, 3.63) is 29.3 Å². The highest BCUT2D eigenvalue weighted by atomic mass is 32.2. The average Bonchev–Trinajstić information content (AvgIpc) is 2.47. The first-order chi connectivity index (χ1) is 10.2. The lowest BCUT2D eigenvalue weighted by Crippen LogP contribution is -2.40. The molecule has 4 nitrogen and oxygen atoms in total. The van der Waals surface area contributed by atoms with Gasteiger partial charge >= 0.3 is 6.03 Å². The Morgan fingerprint density at radius 3 is 2.38 bits per heavy atom. The molecule has 21 heavy (non-hydrogen) atoms. The number of nitrogens with one attached hydrogen (secondary N) is 2. The molecule has 0 spiro atoms. The number of hydrogen-bond donors (Lipinski definition) is 3. The number of aliphatic hydroxyl groups excluding tert-OH is 1. The third-order valence-electron chi connectivity index (χ3n) is 3.42. The number of aliphatic hydroxyl groups is 1. The summed E-state index contributed by atoms with van der Waals surface area (Å²) in [5, 5.41) is 15.0. The minimum atomic E-state index is -0.196. The first-order valence-corrected chi connectivity index (χ1v) is 8.83. The highest BCUT2D eigenvalue weighted by Crippen LogP contribution is 2.22. The summed E-state index contributed by atoms with van der Waals surface area (Å²) in [4.78, 5) is 12.2. The number of thioether (sulfide) groups is 1. The van der Waals surface area contributed by atoms with Gasteiger partial charge in [-0.05, 0) is 36.6 Å². The van der Waals surface area contributed by atoms with Gasteiger partial charge < -0.3 is 15.7 Å². The van der Waals surface area contributed by atoms with Crippen LogP contribution in [0.5, 0.6) is 0 Å². The minimum Gasteiger partial charge on any atom is -0.396 e. The van der Waals surface area contributed by atoms with Crippen LogP contribution in [-0.4, -0.2) is 35.8 Å². The number of anilines is 1. The summed E-state index contributed by atoms with van der Waals surface area (Å²) >= 11 is 1.66. The second-order valence-corrected chi connectivity index (χ2v) is 5.83. The third kappa shape index (κ3) is 5.59. The number of rotatable bonds is 8. The highest BCUT2D eigenvalue weighted by Gasteiger charge is 2.14. The molecular weight excluding hydrogens is 284 g/mol. The molecule has 0 aliphatic heterocycles. The van der Waals surface area contributed by atoms with E-state index in [9.17, 15) is 4.79 Å². The Hall–Kier alpha value is -1.20. The van der Waals surface area contributed by atoms with E-state index in [1.54, 1.807) is 11.8 Å². The number of benzene rings is 1. The molecule has 2 amide bonds. The monoisotopic (exact) mass is 310 g/mol. The van der Waals surface area contributed by atoms with Gasteiger partial charge in [0.25, 0.3) is 0 Å². The minimum absolute atomic E-state index is 0.0103. The molecule has 0 saturated heterocycles. The van der Waals surface area contributed by atoms with E-state index in [1.165, 1.54) is 0 Å². The van der Waals surface area contributed by atoms with E-state index in [1.807, 2.05) is 24.5 Å². The van der Waals surface area contributed by atoms with Crippen molar-refractivity contribution in [1.29, 1.82) is 0 Å². The number of para-hydroxylation sites is 1. The van der Waals surface area contributed by atoms with Gasteiger partial charge in [0.15, 0.2) is 0 Å². The summed E-state index contributed by atoms with van der Waals surface area (Å²) < 4.78 is 0. The van der Waals surface area contributed by atoms with Crippen LogP contribution in [-0.2, 0) is 12.8 Å². The molecule has 0 fully saturated rings. The standard InChI is InChI=1S/C16H26N2O2S/c1-4-12-7-6-8-13(5-2)15(12)18-16(20)17-14(9-10-19)11-21-3/h6-8,14,19H,4-5,9-11H2,1-3H3,(H2,17,18,20)/t14-/m1/s1. The van der Waals surface area contributed by atoms with E-state index in [2.05, 4.69) is 24.5 Å². The first-order valence-electron chi connectivity index (χ1n) is 7.44. The predicted molar refractivity (Wildman–Crippen MR) is 91.2 cm³/mol. The van der Waals surface area contributed by atoms with Gasteiger partial charge in [-0.1, -0.05) is 32.0 Å². The molecule has 0 aliphatic rings. The van der Waals surface area contributed by atoms with Crippen LogP contribution >= 0.6 is 11.8 Å². The molecule has 0 unspecified atom stereocenters. The molecule has 1 rings (SSSR count). The van der Waals surface area contributed by atoms with Crippen LogP contribution < -0.4 is 10.6 Å². The van der Waals surface area contributed by atoms with E-state index >= 15 is 0 Å². The lowest BCUT2D eigenvalue weighted by Gasteiger charge is -2.19. The Kier molecular flexibility index (Phi) is 8.23. The van der Waals surface area contributed by atoms with Crippen molar-refractivity contribution in [3.8, 4) is 0 Å². The van der Waals surface area contributed by atoms with Gasteiger partial charge in [0, 0.05) is 24.1 Å². The molecule has 0 radical (unpaired) electrons. The number of carbonyl (C=O) groups excluding carboxylic acids is 1. The second kappa shape index (κ2) is 9.68. The van der Waals surface area contributed by atoms with Crippen molar-refractivity contribution in [3.63, 3.8) is 0 Å². The van der Waals surface area contributed by atoms with Crippen molar-refractivity contribution in [1.82, 2.24) is 5.32 Å². The van der Waals surface area contributed by atoms with Crippen molar-refractivity contribution < 1.29 is 9.90 Å². The summed E-state index contributed by atoms with van der Waals surface area (Å²) in [6, 6.07) is 5.91. The maximum absolute atomic E-state index is 12.2. The molecule has 0 heterocycles. The molecule has 0 aromatic heterocycles. The Balaban J connectivity index is 2.77. The molecule has 118 valence electrons. The van der Waals surface area contributed by atoms with E-state index in [-0.39, 0.29) is 18.7 Å². The van der Waals surface area contributed by atoms with Crippen LogP contribution in [0.2, 0.25) is 0 Å². The maximum Gasteiger partial charge on any atom is 0.319 e. The average molecular weight is 310 g/mol. The Bertz CT molecular complexity index is 424. The molecule has 5 heteroatoms. The van der Waals surface area contributed by atoms with Gasteiger partial charge in [-0.25, -0.2) is 4.79 Å². The second-order valence-electron chi connectivity index (χ2n) is 4.92. The smallest absolute Gasteiger partial charge is 0.319 e. The molecule has 3 N–H and O–H groups in total. The molecule has 0 saturated carbocycles. The van der Waals surface area contributed by atoms with Crippen LogP contribution in [0.25, 0.3) is 0 Å². The number of urea groups is 1. The van der Waals surface area contributed by atoms with Gasteiger partial charge in [0.2, 0.25) is 0 Å². The molecule has 0 aliphatic carbocycles. The van der Waals surface area contributed by atoms with Crippen LogP contribution in [0.4, 0.5) is 10.5 Å². The topological polar surface area (TPSA) is 61.4 Å². The third-order valence-corrected chi connectivity index (χ3v) is 4.15. The zero-order valence-corrected chi connectivity index (χ0v) is 13.9. The predicted octanol–water partition coefficient (Wildman–Crippen LogP) is 3.05. The van der Waals surface area contributed by atoms with Crippen LogP contribution in [0.1, 0.15) is 31.4 Å². The van der Waals surface area contributed by atoms with E-state index in [0.717, 1.165) is 35.4 Å². The molecule has 1 aromatic carbocycles. The van der Waals surface area contributed by atoms with Crippen LogP contribution in [0.3, 0.4) is 0 Å². The highest BCUT2D eigenvalue weighted by molar-refractivity contribution is 7.98. The normalized spacial score (nSPS) is 12.0. The van der Waals surface area contributed by atoms with Gasteiger partial charge in [0.05, 0.1) is 0 Å². The lowest BCUT2D eigenvalue weighted by molar-refractivity contribution is 0.241. The Morgan fingerprint density at radius 1 is 1.29 bits per heavy atom. The molecular formula is C16H26N2O2S. The van der Waals surface area contributed by atoms with Gasteiger partial charge in [-0.3, -0.25) is 0 Å². The quantitative estimate of drug-likeness (QED) is 0.691. The van der Waals surface area contributed by atoms with Crippen molar-refractivity contribution in [2.24, 2.45) is 0 Å². The fourth-order valence-electron chi connectivity index (χ4n) is 2.29. The largest absolute Gasteiger partial charge is 0.396 e. The SMILES string of the molecule is CCc1cccc(CC)c1NC(=O)N[C@H](CCO)CSC. The fourth-order valence-corrected chi connectivity index (χ4v) is 2.94. The van der Waals surface area contributed by atoms with Crippen LogP contribution in [0.15, 0.2) is 18.2 Å². The van der Waals surface area contributed by atoms with Crippen molar-refractivity contribution in [2.45, 2.75) is 39.2 Å². The Labute approximate surface area is 131 Å². The number of carbonyl (C=O) groups is 1. The lowest BCUT2D eigenvalue weighted by atomic mass is 10.0. The van der Waals surface area contributed by atoms with Gasteiger partial charge in [0.1, 0.15) is 0 Å². The molecule has 1 atom stereocenters. The molecule has 1 aromatic rings. The van der Waals surface area contributed by atoms with Crippen molar-refractivity contribution in [2.75, 3.05) is 23.9 Å². The van der Waals surface area contributed by atoms with Gasteiger partial charge in [-0.2, -0.15) is 11.8 Å². The van der Waals surface area contributed by atoms with Crippen LogP contribution in [0, 0.1) is 0 Å². The Morgan fingerprint density at radius 2 is 1.90 bits per heavy atom. The number of hydrogen-bond acceptors (Lipinski definition) is 3. The van der Waals surface area contributed by atoms with E-state index in [4.69, 9.17) is 5.11 Å². The number of aryl methyl sites for hydroxylation is 2. The fraction of sp³-hybridized carbons (Fsp3) is 0.562. The summed E-state index contributed by atoms with van der Waals surface area (Å²) in [6.45, 7) is 4.25. The first kappa shape index (κ1) is 17.9. The van der Waals surface area contributed by atoms with E-state index < -0.39 is 0 Å². The summed E-state index contributed by atoms with van der Waals surface area (Å²) in [5.41, 5.74) is 3.22. The summed E-state index contributed by atoms with van der Waals surface area (Å²) in [7, 11) is 0. The maximum atomic E-state index is 12.2. The number of amides is 2. The van der Waals surface area contributed by atoms with Gasteiger partial charge in [-0.15, -0.1) is 0 Å².